The number of nitrogens with one attached hydrogen (secondary N) is 1. The predicted octanol–water partition coefficient (Wildman–Crippen LogP) is 3.14. The fourth-order valence-electron chi connectivity index (χ4n) is 1.88. The van der Waals surface area contributed by atoms with Crippen molar-refractivity contribution in [1.82, 2.24) is 5.32 Å². The summed E-state index contributed by atoms with van der Waals surface area (Å²) in [6.45, 7) is 7.42. The Kier molecular flexibility index (Phi) is 5.03. The number of rotatable bonds is 7. The van der Waals surface area contributed by atoms with E-state index in [4.69, 9.17) is 9.15 Å². The second kappa shape index (κ2) is 6.06. The average Bonchev–Trinajstić information content (AvgIpc) is 2.82. The number of ether oxygens (including phenoxy) is 1. The quantitative estimate of drug-likeness (QED) is 0.774. The molecule has 0 spiro atoms. The van der Waals surface area contributed by atoms with Crippen LogP contribution in [0.5, 0.6) is 0 Å². The Morgan fingerprint density at radius 2 is 2.25 bits per heavy atom. The molecule has 92 valence electrons. The molecular weight excluding hydrogens is 202 g/mol. The molecule has 0 amide bonds. The zero-order valence-corrected chi connectivity index (χ0v) is 10.7. The zero-order chi connectivity index (χ0) is 12.0. The third-order valence-electron chi connectivity index (χ3n) is 3.25. The summed E-state index contributed by atoms with van der Waals surface area (Å²) in [4.78, 5) is 0. The predicted molar refractivity (Wildman–Crippen MR) is 65.4 cm³/mol. The number of furan rings is 1. The molecule has 0 aliphatic heterocycles. The lowest BCUT2D eigenvalue weighted by Crippen LogP contribution is -2.42. The highest BCUT2D eigenvalue weighted by Gasteiger charge is 2.33. The fraction of sp³-hybridized carbons (Fsp3) is 0.692. The Morgan fingerprint density at radius 1 is 1.50 bits per heavy atom. The van der Waals surface area contributed by atoms with Gasteiger partial charge in [0.05, 0.1) is 24.2 Å². The van der Waals surface area contributed by atoms with E-state index in [2.05, 4.69) is 26.1 Å². The molecule has 0 aliphatic carbocycles. The second-order valence-corrected chi connectivity index (χ2v) is 4.31. The Morgan fingerprint density at radius 3 is 2.69 bits per heavy atom. The van der Waals surface area contributed by atoms with Gasteiger partial charge in [0.25, 0.3) is 0 Å². The summed E-state index contributed by atoms with van der Waals surface area (Å²) in [5, 5.41) is 3.53. The van der Waals surface area contributed by atoms with Crippen LogP contribution in [-0.2, 0) is 4.74 Å². The van der Waals surface area contributed by atoms with Gasteiger partial charge >= 0.3 is 0 Å². The third-order valence-corrected chi connectivity index (χ3v) is 3.25. The summed E-state index contributed by atoms with van der Waals surface area (Å²) in [7, 11) is 1.77. The first-order chi connectivity index (χ1) is 7.68. The maximum absolute atomic E-state index is 5.67. The van der Waals surface area contributed by atoms with Crippen molar-refractivity contribution in [3.8, 4) is 0 Å². The molecule has 2 atom stereocenters. The van der Waals surface area contributed by atoms with Crippen LogP contribution in [0.4, 0.5) is 0 Å². The molecular formula is C13H23NO2. The summed E-state index contributed by atoms with van der Waals surface area (Å²) in [5.41, 5.74) is 0.957. The Labute approximate surface area is 98.2 Å². The summed E-state index contributed by atoms with van der Waals surface area (Å²) >= 11 is 0. The highest BCUT2D eigenvalue weighted by molar-refractivity contribution is 5.16. The molecule has 2 unspecified atom stereocenters. The first-order valence-electron chi connectivity index (χ1n) is 5.98. The summed E-state index contributed by atoms with van der Waals surface area (Å²) < 4.78 is 10.8. The summed E-state index contributed by atoms with van der Waals surface area (Å²) in [5.74, 6) is 0. The SMILES string of the molecule is CCCNC(c1ccoc1)C(C)(CC)OC. The van der Waals surface area contributed by atoms with Gasteiger partial charge in [-0.15, -0.1) is 0 Å². The minimum atomic E-state index is -0.195. The van der Waals surface area contributed by atoms with Crippen LogP contribution in [0.25, 0.3) is 0 Å². The van der Waals surface area contributed by atoms with Gasteiger partial charge in [-0.2, -0.15) is 0 Å². The van der Waals surface area contributed by atoms with Crippen molar-refractivity contribution in [2.24, 2.45) is 0 Å². The molecule has 0 saturated carbocycles. The van der Waals surface area contributed by atoms with Crippen molar-refractivity contribution >= 4 is 0 Å². The standard InChI is InChI=1S/C13H23NO2/c1-5-8-14-12(11-7-9-16-10-11)13(3,6-2)15-4/h7,9-10,12,14H,5-6,8H2,1-4H3. The molecule has 1 aromatic heterocycles. The number of methoxy groups -OCH3 is 1. The van der Waals surface area contributed by atoms with E-state index in [1.807, 2.05) is 6.07 Å². The van der Waals surface area contributed by atoms with Gasteiger partial charge in [-0.25, -0.2) is 0 Å². The monoisotopic (exact) mass is 225 g/mol. The van der Waals surface area contributed by atoms with Crippen LogP contribution in [-0.4, -0.2) is 19.3 Å². The Hall–Kier alpha value is -0.800. The molecule has 16 heavy (non-hydrogen) atoms. The van der Waals surface area contributed by atoms with Gasteiger partial charge in [-0.1, -0.05) is 13.8 Å². The first-order valence-corrected chi connectivity index (χ1v) is 5.98. The molecule has 0 aromatic carbocycles. The van der Waals surface area contributed by atoms with Crippen molar-refractivity contribution in [1.29, 1.82) is 0 Å². The smallest absolute Gasteiger partial charge is 0.0951 e. The topological polar surface area (TPSA) is 34.4 Å². The second-order valence-electron chi connectivity index (χ2n) is 4.31. The lowest BCUT2D eigenvalue weighted by atomic mass is 9.89. The molecule has 0 radical (unpaired) electrons. The van der Waals surface area contributed by atoms with Gasteiger partial charge in [-0.3, -0.25) is 0 Å². The van der Waals surface area contributed by atoms with E-state index in [-0.39, 0.29) is 11.6 Å². The largest absolute Gasteiger partial charge is 0.472 e. The minimum Gasteiger partial charge on any atom is -0.472 e. The Bertz CT molecular complexity index is 278. The Balaban J connectivity index is 2.86. The van der Waals surface area contributed by atoms with Crippen LogP contribution in [0.15, 0.2) is 23.0 Å². The van der Waals surface area contributed by atoms with Crippen LogP contribution in [0, 0.1) is 0 Å². The zero-order valence-electron chi connectivity index (χ0n) is 10.7. The van der Waals surface area contributed by atoms with Gasteiger partial charge in [0.1, 0.15) is 0 Å². The van der Waals surface area contributed by atoms with Crippen molar-refractivity contribution in [2.45, 2.75) is 45.3 Å². The molecule has 1 heterocycles. The maximum Gasteiger partial charge on any atom is 0.0951 e. The lowest BCUT2D eigenvalue weighted by Gasteiger charge is -2.36. The molecule has 1 N–H and O–H groups in total. The third kappa shape index (κ3) is 2.86. The molecule has 3 nitrogen and oxygen atoms in total. The van der Waals surface area contributed by atoms with E-state index < -0.39 is 0 Å². The molecule has 3 heteroatoms. The van der Waals surface area contributed by atoms with Gasteiger partial charge < -0.3 is 14.5 Å². The van der Waals surface area contributed by atoms with Crippen LogP contribution in [0.2, 0.25) is 0 Å². The van der Waals surface area contributed by atoms with E-state index in [0.29, 0.717) is 0 Å². The van der Waals surface area contributed by atoms with Crippen molar-refractivity contribution < 1.29 is 9.15 Å². The fourth-order valence-corrected chi connectivity index (χ4v) is 1.88. The van der Waals surface area contributed by atoms with Crippen molar-refractivity contribution in [2.75, 3.05) is 13.7 Å². The van der Waals surface area contributed by atoms with Gasteiger partial charge in [0.2, 0.25) is 0 Å². The molecule has 0 bridgehead atoms. The average molecular weight is 225 g/mol. The molecule has 0 aliphatic rings. The highest BCUT2D eigenvalue weighted by atomic mass is 16.5. The molecule has 1 aromatic rings. The van der Waals surface area contributed by atoms with Gasteiger partial charge in [0.15, 0.2) is 0 Å². The minimum absolute atomic E-state index is 0.182. The van der Waals surface area contributed by atoms with Gasteiger partial charge in [0, 0.05) is 12.7 Å². The number of hydrogen-bond donors (Lipinski definition) is 1. The summed E-state index contributed by atoms with van der Waals surface area (Å²) in [6, 6.07) is 2.18. The van der Waals surface area contributed by atoms with E-state index in [1.165, 1.54) is 0 Å². The van der Waals surface area contributed by atoms with Crippen molar-refractivity contribution in [3.05, 3.63) is 24.2 Å². The maximum atomic E-state index is 5.67. The normalized spacial score (nSPS) is 17.0. The lowest BCUT2D eigenvalue weighted by molar-refractivity contribution is -0.0300. The van der Waals surface area contributed by atoms with E-state index in [0.717, 1.165) is 24.9 Å². The van der Waals surface area contributed by atoms with E-state index in [1.54, 1.807) is 19.6 Å². The molecule has 0 fully saturated rings. The first kappa shape index (κ1) is 13.3. The van der Waals surface area contributed by atoms with Crippen molar-refractivity contribution in [3.63, 3.8) is 0 Å². The van der Waals surface area contributed by atoms with E-state index >= 15 is 0 Å². The molecule has 0 saturated heterocycles. The van der Waals surface area contributed by atoms with Crippen LogP contribution in [0.1, 0.15) is 45.2 Å². The number of hydrogen-bond acceptors (Lipinski definition) is 3. The van der Waals surface area contributed by atoms with Gasteiger partial charge in [-0.05, 0) is 32.4 Å². The van der Waals surface area contributed by atoms with Crippen LogP contribution in [0.3, 0.4) is 0 Å². The van der Waals surface area contributed by atoms with Crippen LogP contribution >= 0.6 is 0 Å². The molecule has 1 rings (SSSR count). The summed E-state index contributed by atoms with van der Waals surface area (Å²) in [6.07, 6.45) is 5.57. The van der Waals surface area contributed by atoms with Crippen LogP contribution < -0.4 is 5.32 Å². The van der Waals surface area contributed by atoms with E-state index in [9.17, 15) is 0 Å². The highest BCUT2D eigenvalue weighted by Crippen LogP contribution is 2.31.